The molecule has 2 fully saturated rings. The maximum atomic E-state index is 12.0. The van der Waals surface area contributed by atoms with Crippen LogP contribution in [0.3, 0.4) is 0 Å². The van der Waals surface area contributed by atoms with Crippen molar-refractivity contribution >= 4 is 28.3 Å². The van der Waals surface area contributed by atoms with Crippen molar-refractivity contribution in [2.45, 2.75) is 25.3 Å². The molecule has 0 aromatic heterocycles. The second-order valence-electron chi connectivity index (χ2n) is 4.97. The Bertz CT molecular complexity index is 409. The molecule has 0 spiro atoms. The number of amides is 1. The molecule has 1 N–H and O–H groups in total. The third kappa shape index (κ3) is 4.05. The number of rotatable bonds is 4. The number of sulfonamides is 1. The molecule has 2 saturated heterocycles. The van der Waals surface area contributed by atoms with Crippen LogP contribution in [0.15, 0.2) is 0 Å². The van der Waals surface area contributed by atoms with E-state index >= 15 is 0 Å². The number of halogens is 1. The molecule has 112 valence electrons. The molecule has 2 aliphatic heterocycles. The molecule has 2 heterocycles. The number of hydrogen-bond acceptors (Lipinski definition) is 4. The molecule has 2 aliphatic rings. The summed E-state index contributed by atoms with van der Waals surface area (Å²) >= 11 is 0. The van der Waals surface area contributed by atoms with Crippen LogP contribution >= 0.6 is 12.4 Å². The molecular formula is C11H22ClN3O3S. The highest BCUT2D eigenvalue weighted by molar-refractivity contribution is 7.89. The quantitative estimate of drug-likeness (QED) is 0.771. The van der Waals surface area contributed by atoms with Gasteiger partial charge in [0, 0.05) is 39.1 Å². The Balaban J connectivity index is 0.00000180. The van der Waals surface area contributed by atoms with Gasteiger partial charge in [-0.15, -0.1) is 12.4 Å². The van der Waals surface area contributed by atoms with Crippen LogP contribution in [0, 0.1) is 0 Å². The summed E-state index contributed by atoms with van der Waals surface area (Å²) in [5.41, 5.74) is 0. The van der Waals surface area contributed by atoms with Gasteiger partial charge in [-0.3, -0.25) is 4.79 Å². The molecule has 1 unspecified atom stereocenters. The fourth-order valence-electron chi connectivity index (χ4n) is 2.51. The van der Waals surface area contributed by atoms with Gasteiger partial charge in [-0.2, -0.15) is 0 Å². The molecular weight excluding hydrogens is 290 g/mol. The number of carbonyl (C=O) groups excluding carboxylic acids is 1. The molecule has 0 aliphatic carbocycles. The lowest BCUT2D eigenvalue weighted by Crippen LogP contribution is -2.40. The zero-order chi connectivity index (χ0) is 13.2. The molecule has 0 radical (unpaired) electrons. The van der Waals surface area contributed by atoms with Crippen molar-refractivity contribution in [3.63, 3.8) is 0 Å². The zero-order valence-electron chi connectivity index (χ0n) is 11.2. The van der Waals surface area contributed by atoms with Gasteiger partial charge in [0.15, 0.2) is 0 Å². The molecule has 1 amide bonds. The molecule has 8 heteroatoms. The zero-order valence-corrected chi connectivity index (χ0v) is 12.8. The molecule has 1 atom stereocenters. The van der Waals surface area contributed by atoms with E-state index in [-0.39, 0.29) is 36.5 Å². The van der Waals surface area contributed by atoms with Crippen molar-refractivity contribution in [3.8, 4) is 0 Å². The highest BCUT2D eigenvalue weighted by atomic mass is 35.5. The summed E-state index contributed by atoms with van der Waals surface area (Å²) in [4.78, 5) is 13.7. The Hall–Kier alpha value is -0.370. The topological polar surface area (TPSA) is 69.7 Å². The van der Waals surface area contributed by atoms with Crippen LogP contribution in [0.2, 0.25) is 0 Å². The largest absolute Gasteiger partial charge is 0.341 e. The fourth-order valence-corrected chi connectivity index (χ4v) is 4.04. The number of hydrogen-bond donors (Lipinski definition) is 1. The van der Waals surface area contributed by atoms with Crippen molar-refractivity contribution in [1.29, 1.82) is 0 Å². The normalized spacial score (nSPS) is 26.1. The van der Waals surface area contributed by atoms with E-state index < -0.39 is 10.0 Å². The Morgan fingerprint density at radius 2 is 2.21 bits per heavy atom. The van der Waals surface area contributed by atoms with Gasteiger partial charge in [0.25, 0.3) is 0 Å². The highest BCUT2D eigenvalue weighted by Gasteiger charge is 2.29. The maximum absolute atomic E-state index is 12.0. The Labute approximate surface area is 121 Å². The van der Waals surface area contributed by atoms with Crippen molar-refractivity contribution in [2.75, 3.05) is 39.0 Å². The van der Waals surface area contributed by atoms with Gasteiger partial charge < -0.3 is 10.2 Å². The number of nitrogens with zero attached hydrogens (tertiary/aromatic N) is 2. The summed E-state index contributed by atoms with van der Waals surface area (Å²) in [5, 5.41) is 3.22. The minimum atomic E-state index is -3.08. The van der Waals surface area contributed by atoms with E-state index in [1.54, 1.807) is 11.9 Å². The van der Waals surface area contributed by atoms with Crippen LogP contribution in [0.5, 0.6) is 0 Å². The third-order valence-electron chi connectivity index (χ3n) is 3.75. The average Bonchev–Trinajstić information content (AvgIpc) is 2.94. The van der Waals surface area contributed by atoms with Crippen molar-refractivity contribution < 1.29 is 13.2 Å². The van der Waals surface area contributed by atoms with E-state index in [1.807, 2.05) is 0 Å². The van der Waals surface area contributed by atoms with Crippen molar-refractivity contribution in [1.82, 2.24) is 14.5 Å². The van der Waals surface area contributed by atoms with Crippen LogP contribution in [0.1, 0.15) is 19.3 Å². The first kappa shape index (κ1) is 16.7. The molecule has 0 aromatic carbocycles. The Kier molecular flexibility index (Phi) is 6.04. The lowest BCUT2D eigenvalue weighted by Gasteiger charge is -2.24. The van der Waals surface area contributed by atoms with Gasteiger partial charge in [-0.05, 0) is 19.4 Å². The Morgan fingerprint density at radius 3 is 2.74 bits per heavy atom. The molecule has 19 heavy (non-hydrogen) atoms. The first-order valence-electron chi connectivity index (χ1n) is 6.45. The van der Waals surface area contributed by atoms with E-state index in [9.17, 15) is 13.2 Å². The van der Waals surface area contributed by atoms with E-state index in [0.717, 1.165) is 19.5 Å². The van der Waals surface area contributed by atoms with Gasteiger partial charge in [-0.25, -0.2) is 12.7 Å². The van der Waals surface area contributed by atoms with E-state index in [0.29, 0.717) is 19.5 Å². The molecule has 2 rings (SSSR count). The first-order chi connectivity index (χ1) is 8.50. The third-order valence-corrected chi connectivity index (χ3v) is 5.71. The van der Waals surface area contributed by atoms with Gasteiger partial charge >= 0.3 is 0 Å². The molecule has 0 saturated carbocycles. The minimum absolute atomic E-state index is 0. The summed E-state index contributed by atoms with van der Waals surface area (Å²) in [7, 11) is -1.27. The fraction of sp³-hybridized carbons (Fsp3) is 0.909. The van der Waals surface area contributed by atoms with Crippen LogP contribution in [-0.2, 0) is 14.8 Å². The smallest absolute Gasteiger partial charge is 0.223 e. The van der Waals surface area contributed by atoms with Crippen molar-refractivity contribution in [3.05, 3.63) is 0 Å². The number of nitrogens with one attached hydrogen (secondary N) is 1. The second-order valence-corrected chi connectivity index (χ2v) is 7.06. The summed E-state index contributed by atoms with van der Waals surface area (Å²) in [6.07, 6.45) is 1.94. The van der Waals surface area contributed by atoms with E-state index in [2.05, 4.69) is 5.32 Å². The van der Waals surface area contributed by atoms with Crippen LogP contribution < -0.4 is 5.32 Å². The van der Waals surface area contributed by atoms with Gasteiger partial charge in [-0.1, -0.05) is 0 Å². The number of carbonyl (C=O) groups is 1. The average molecular weight is 312 g/mol. The summed E-state index contributed by atoms with van der Waals surface area (Å²) in [6, 6.07) is 0.257. The molecule has 6 nitrogen and oxygen atoms in total. The highest BCUT2D eigenvalue weighted by Crippen LogP contribution is 2.14. The minimum Gasteiger partial charge on any atom is -0.341 e. The maximum Gasteiger partial charge on any atom is 0.223 e. The van der Waals surface area contributed by atoms with E-state index in [1.165, 1.54) is 4.31 Å². The van der Waals surface area contributed by atoms with Crippen LogP contribution in [-0.4, -0.2) is 68.6 Å². The van der Waals surface area contributed by atoms with Gasteiger partial charge in [0.2, 0.25) is 15.9 Å². The second kappa shape index (κ2) is 6.88. The predicted octanol–water partition coefficient (Wildman–Crippen LogP) is -0.346. The summed E-state index contributed by atoms with van der Waals surface area (Å²) in [5.74, 6) is 0.259. The number of likely N-dealkylation sites (N-methyl/N-ethyl adjacent to an activating group) is 1. The predicted molar refractivity (Wildman–Crippen MR) is 75.9 cm³/mol. The first-order valence-corrected chi connectivity index (χ1v) is 8.06. The lowest BCUT2D eigenvalue weighted by molar-refractivity contribution is -0.131. The standard InChI is InChI=1S/C11H21N3O3S.ClH/c1-13(10-3-5-12-9-10)11(15)4-7-14-6-2-8-18(14,16)17;/h10,12H,2-9H2,1H3;1H. The molecule has 0 bridgehead atoms. The SMILES string of the molecule is CN(C(=O)CCN1CCCS1(=O)=O)C1CCNC1.Cl. The lowest BCUT2D eigenvalue weighted by atomic mass is 10.2. The summed E-state index contributed by atoms with van der Waals surface area (Å²) in [6.45, 7) is 2.67. The monoisotopic (exact) mass is 311 g/mol. The Morgan fingerprint density at radius 1 is 1.47 bits per heavy atom. The van der Waals surface area contributed by atoms with Gasteiger partial charge in [0.05, 0.1) is 5.75 Å². The van der Waals surface area contributed by atoms with Gasteiger partial charge in [0.1, 0.15) is 0 Å². The van der Waals surface area contributed by atoms with Crippen LogP contribution in [0.4, 0.5) is 0 Å². The summed E-state index contributed by atoms with van der Waals surface area (Å²) < 4.78 is 24.6. The van der Waals surface area contributed by atoms with Crippen LogP contribution in [0.25, 0.3) is 0 Å². The van der Waals surface area contributed by atoms with E-state index in [4.69, 9.17) is 0 Å². The molecule has 0 aromatic rings. The van der Waals surface area contributed by atoms with Crippen molar-refractivity contribution in [2.24, 2.45) is 0 Å².